The third-order valence-corrected chi connectivity index (χ3v) is 5.10. The highest BCUT2D eigenvalue weighted by Gasteiger charge is 2.15. The number of nitrogens with one attached hydrogen (secondary N) is 2. The van der Waals surface area contributed by atoms with E-state index in [9.17, 15) is 14.0 Å². The smallest absolute Gasteiger partial charge is 0.286 e. The van der Waals surface area contributed by atoms with Gasteiger partial charge in [-0.1, -0.05) is 30.0 Å². The monoisotopic (exact) mass is 368 g/mol. The van der Waals surface area contributed by atoms with E-state index < -0.39 is 5.91 Å². The molecule has 0 saturated carbocycles. The molecule has 0 aliphatic rings. The largest absolute Gasteiger partial charge is 0.353 e. The van der Waals surface area contributed by atoms with Crippen LogP contribution in [0.5, 0.6) is 0 Å². The number of hydrogen-bond acceptors (Lipinski definition) is 6. The standard InChI is InChI=1S/C15H17FN4O2S2/c1-3-9(2)17-12(21)8-23-15-20-19-14(24-15)13(22)18-11-6-4-10(16)5-7-11/h4-7,9H,3,8H2,1-2H3,(H,17,21)(H,18,22)/t9-/m0/s1. The normalized spacial score (nSPS) is 11.8. The predicted octanol–water partition coefficient (Wildman–Crippen LogP) is 2.94. The first-order valence-corrected chi connectivity index (χ1v) is 9.10. The highest BCUT2D eigenvalue weighted by atomic mass is 32.2. The summed E-state index contributed by atoms with van der Waals surface area (Å²) in [5.41, 5.74) is 0.471. The van der Waals surface area contributed by atoms with Gasteiger partial charge in [-0.05, 0) is 37.6 Å². The summed E-state index contributed by atoms with van der Waals surface area (Å²) in [5, 5.41) is 13.4. The van der Waals surface area contributed by atoms with E-state index in [2.05, 4.69) is 20.8 Å². The lowest BCUT2D eigenvalue weighted by atomic mass is 10.3. The second-order valence-corrected chi connectivity index (χ2v) is 7.20. The quantitative estimate of drug-likeness (QED) is 0.734. The van der Waals surface area contributed by atoms with Crippen LogP contribution in [0, 0.1) is 5.82 Å². The number of benzene rings is 1. The molecule has 1 heterocycles. The number of carbonyl (C=O) groups is 2. The zero-order valence-electron chi connectivity index (χ0n) is 13.2. The van der Waals surface area contributed by atoms with Gasteiger partial charge in [0.05, 0.1) is 5.75 Å². The lowest BCUT2D eigenvalue weighted by Crippen LogP contribution is -2.33. The van der Waals surface area contributed by atoms with Crippen molar-refractivity contribution >= 4 is 40.6 Å². The number of nitrogens with zero attached hydrogens (tertiary/aromatic N) is 2. The Morgan fingerprint density at radius 2 is 2.00 bits per heavy atom. The van der Waals surface area contributed by atoms with Crippen molar-refractivity contribution in [3.05, 3.63) is 35.1 Å². The fourth-order valence-corrected chi connectivity index (χ4v) is 3.18. The van der Waals surface area contributed by atoms with Crippen LogP contribution in [0.4, 0.5) is 10.1 Å². The number of halogens is 1. The van der Waals surface area contributed by atoms with Crippen molar-refractivity contribution in [3.63, 3.8) is 0 Å². The molecule has 128 valence electrons. The van der Waals surface area contributed by atoms with Crippen molar-refractivity contribution in [2.75, 3.05) is 11.1 Å². The summed E-state index contributed by atoms with van der Waals surface area (Å²) < 4.78 is 13.4. The predicted molar refractivity (Wildman–Crippen MR) is 92.9 cm³/mol. The molecular weight excluding hydrogens is 351 g/mol. The van der Waals surface area contributed by atoms with Crippen LogP contribution in [0.25, 0.3) is 0 Å². The molecule has 0 fully saturated rings. The van der Waals surface area contributed by atoms with E-state index in [1.54, 1.807) is 0 Å². The minimum atomic E-state index is -0.421. The summed E-state index contributed by atoms with van der Waals surface area (Å²) in [4.78, 5) is 23.8. The Hall–Kier alpha value is -2.00. The molecule has 1 aromatic heterocycles. The minimum absolute atomic E-state index is 0.0816. The van der Waals surface area contributed by atoms with Gasteiger partial charge < -0.3 is 10.6 Å². The summed E-state index contributed by atoms with van der Waals surface area (Å²) in [5.74, 6) is -0.659. The van der Waals surface area contributed by atoms with Gasteiger partial charge in [-0.25, -0.2) is 4.39 Å². The average Bonchev–Trinajstić information content (AvgIpc) is 3.04. The zero-order chi connectivity index (χ0) is 17.5. The van der Waals surface area contributed by atoms with Crippen LogP contribution >= 0.6 is 23.1 Å². The molecule has 0 aliphatic carbocycles. The van der Waals surface area contributed by atoms with Crippen LogP contribution in [0.15, 0.2) is 28.6 Å². The summed E-state index contributed by atoms with van der Waals surface area (Å²) in [6.45, 7) is 3.93. The first kappa shape index (κ1) is 18.3. The number of anilines is 1. The number of amides is 2. The van der Waals surface area contributed by atoms with Gasteiger partial charge in [0.1, 0.15) is 5.82 Å². The molecule has 0 aliphatic heterocycles. The van der Waals surface area contributed by atoms with Crippen LogP contribution in [0.1, 0.15) is 30.1 Å². The maximum atomic E-state index is 12.8. The fourth-order valence-electron chi connectivity index (χ4n) is 1.62. The second kappa shape index (κ2) is 8.74. The van der Waals surface area contributed by atoms with E-state index in [0.717, 1.165) is 17.8 Å². The molecule has 0 radical (unpaired) electrons. The molecule has 9 heteroatoms. The van der Waals surface area contributed by atoms with Crippen molar-refractivity contribution in [2.45, 2.75) is 30.6 Å². The van der Waals surface area contributed by atoms with Crippen LogP contribution in [0.2, 0.25) is 0 Å². The van der Waals surface area contributed by atoms with Crippen molar-refractivity contribution < 1.29 is 14.0 Å². The molecule has 1 atom stereocenters. The molecule has 0 bridgehead atoms. The molecule has 0 unspecified atom stereocenters. The summed E-state index contributed by atoms with van der Waals surface area (Å²) in [6, 6.07) is 5.57. The Kier molecular flexibility index (Phi) is 6.68. The van der Waals surface area contributed by atoms with E-state index in [-0.39, 0.29) is 28.5 Å². The Bertz CT molecular complexity index is 706. The molecule has 0 saturated heterocycles. The molecule has 1 aromatic carbocycles. The second-order valence-electron chi connectivity index (χ2n) is 5.00. The Morgan fingerprint density at radius 1 is 1.29 bits per heavy atom. The molecule has 2 N–H and O–H groups in total. The number of hydrogen-bond donors (Lipinski definition) is 2. The number of aromatic nitrogens is 2. The Labute approximate surface area is 147 Å². The molecule has 2 aromatic rings. The third-order valence-electron chi connectivity index (χ3n) is 3.05. The van der Waals surface area contributed by atoms with Gasteiger partial charge in [0, 0.05) is 11.7 Å². The Balaban J connectivity index is 1.86. The van der Waals surface area contributed by atoms with Gasteiger partial charge >= 0.3 is 0 Å². The first-order chi connectivity index (χ1) is 11.5. The molecule has 2 rings (SSSR count). The molecule has 2 amide bonds. The van der Waals surface area contributed by atoms with Gasteiger partial charge in [0.25, 0.3) is 5.91 Å². The summed E-state index contributed by atoms with van der Waals surface area (Å²) >= 11 is 2.34. The molecule has 6 nitrogen and oxygen atoms in total. The number of rotatable bonds is 7. The van der Waals surface area contributed by atoms with Crippen molar-refractivity contribution in [1.29, 1.82) is 0 Å². The van der Waals surface area contributed by atoms with Crippen molar-refractivity contribution in [3.8, 4) is 0 Å². The molecule has 24 heavy (non-hydrogen) atoms. The SMILES string of the molecule is CC[C@H](C)NC(=O)CSc1nnc(C(=O)Nc2ccc(F)cc2)s1. The lowest BCUT2D eigenvalue weighted by Gasteiger charge is -2.09. The van der Waals surface area contributed by atoms with Crippen LogP contribution in [0.3, 0.4) is 0 Å². The zero-order valence-corrected chi connectivity index (χ0v) is 14.8. The maximum absolute atomic E-state index is 12.8. The van der Waals surface area contributed by atoms with Crippen LogP contribution in [-0.4, -0.2) is 33.8 Å². The third kappa shape index (κ3) is 5.57. The van der Waals surface area contributed by atoms with Crippen LogP contribution in [-0.2, 0) is 4.79 Å². The van der Waals surface area contributed by atoms with Gasteiger partial charge in [-0.2, -0.15) is 0 Å². The minimum Gasteiger partial charge on any atom is -0.353 e. The van der Waals surface area contributed by atoms with Crippen molar-refractivity contribution in [2.24, 2.45) is 0 Å². The van der Waals surface area contributed by atoms with E-state index in [1.807, 2.05) is 13.8 Å². The van der Waals surface area contributed by atoms with Gasteiger partial charge in [0.2, 0.25) is 10.9 Å². The van der Waals surface area contributed by atoms with E-state index >= 15 is 0 Å². The highest BCUT2D eigenvalue weighted by molar-refractivity contribution is 8.01. The topological polar surface area (TPSA) is 84.0 Å². The lowest BCUT2D eigenvalue weighted by molar-refractivity contribution is -0.119. The van der Waals surface area contributed by atoms with Crippen molar-refractivity contribution in [1.82, 2.24) is 15.5 Å². The van der Waals surface area contributed by atoms with Crippen LogP contribution < -0.4 is 10.6 Å². The number of carbonyl (C=O) groups excluding carboxylic acids is 2. The summed E-state index contributed by atoms with van der Waals surface area (Å²) in [7, 11) is 0. The first-order valence-electron chi connectivity index (χ1n) is 7.30. The Morgan fingerprint density at radius 3 is 2.67 bits per heavy atom. The summed E-state index contributed by atoms with van der Waals surface area (Å²) in [6.07, 6.45) is 0.864. The van der Waals surface area contributed by atoms with Gasteiger partial charge in [-0.15, -0.1) is 10.2 Å². The van der Waals surface area contributed by atoms with E-state index in [1.165, 1.54) is 36.0 Å². The molecule has 0 spiro atoms. The highest BCUT2D eigenvalue weighted by Crippen LogP contribution is 2.23. The average molecular weight is 368 g/mol. The maximum Gasteiger partial charge on any atom is 0.286 e. The number of thioether (sulfide) groups is 1. The van der Waals surface area contributed by atoms with E-state index in [0.29, 0.717) is 10.0 Å². The molecular formula is C15H17FN4O2S2. The van der Waals surface area contributed by atoms with Gasteiger partial charge in [0.15, 0.2) is 4.34 Å². The fraction of sp³-hybridized carbons (Fsp3) is 0.333. The van der Waals surface area contributed by atoms with Gasteiger partial charge in [-0.3, -0.25) is 9.59 Å². The van der Waals surface area contributed by atoms with E-state index in [4.69, 9.17) is 0 Å².